The maximum absolute atomic E-state index is 4.12. The van der Waals surface area contributed by atoms with Gasteiger partial charge in [0.05, 0.1) is 0 Å². The maximum atomic E-state index is 4.12. The summed E-state index contributed by atoms with van der Waals surface area (Å²) in [6, 6.07) is 2.57. The third-order valence-electron chi connectivity index (χ3n) is 2.32. The van der Waals surface area contributed by atoms with E-state index in [9.17, 15) is 0 Å². The Bertz CT molecular complexity index is 278. The van der Waals surface area contributed by atoms with E-state index < -0.39 is 0 Å². The highest BCUT2D eigenvalue weighted by molar-refractivity contribution is 5.00. The molecule has 14 heavy (non-hydrogen) atoms. The summed E-state index contributed by atoms with van der Waals surface area (Å²) >= 11 is 0. The fraction of sp³-hybridized carbons (Fsp3) is 0.545. The molecule has 0 radical (unpaired) electrons. The Labute approximate surface area is 85.8 Å². The van der Waals surface area contributed by atoms with Gasteiger partial charge in [-0.3, -0.25) is 4.68 Å². The highest BCUT2D eigenvalue weighted by atomic mass is 15.3. The molecule has 0 aliphatic carbocycles. The van der Waals surface area contributed by atoms with Gasteiger partial charge in [-0.05, 0) is 19.4 Å². The van der Waals surface area contributed by atoms with Crippen LogP contribution in [0.3, 0.4) is 0 Å². The molecule has 0 aliphatic heterocycles. The number of hydrogen-bond acceptors (Lipinski definition) is 2. The highest BCUT2D eigenvalue weighted by Gasteiger charge is 2.00. The molecule has 1 aromatic heterocycles. The van der Waals surface area contributed by atoms with Gasteiger partial charge in [-0.15, -0.1) is 6.58 Å². The van der Waals surface area contributed by atoms with Gasteiger partial charge in [-0.2, -0.15) is 5.10 Å². The third-order valence-corrected chi connectivity index (χ3v) is 2.32. The van der Waals surface area contributed by atoms with Crippen LogP contribution in [-0.2, 0) is 13.5 Å². The first-order valence-electron chi connectivity index (χ1n) is 5.05. The molecule has 1 atom stereocenters. The maximum Gasteiger partial charge on any atom is 0.0492 e. The molecule has 1 heterocycles. The predicted octanol–water partition coefficient (Wildman–Crippen LogP) is 1.52. The lowest BCUT2D eigenvalue weighted by molar-refractivity contribution is 0.547. The average molecular weight is 193 g/mol. The van der Waals surface area contributed by atoms with Crippen molar-refractivity contribution in [3.05, 3.63) is 30.6 Å². The topological polar surface area (TPSA) is 29.9 Å². The Balaban J connectivity index is 2.22. The molecule has 0 amide bonds. The smallest absolute Gasteiger partial charge is 0.0492 e. The second-order valence-electron chi connectivity index (χ2n) is 3.58. The Morgan fingerprint density at radius 1 is 1.71 bits per heavy atom. The van der Waals surface area contributed by atoms with E-state index in [2.05, 4.69) is 30.0 Å². The Morgan fingerprint density at radius 2 is 2.50 bits per heavy atom. The fourth-order valence-electron chi connectivity index (χ4n) is 1.43. The summed E-state index contributed by atoms with van der Waals surface area (Å²) in [4.78, 5) is 0. The molecule has 78 valence electrons. The number of nitrogens with zero attached hydrogens (tertiary/aromatic N) is 2. The van der Waals surface area contributed by atoms with Gasteiger partial charge in [0.25, 0.3) is 0 Å². The normalized spacial score (nSPS) is 12.7. The van der Waals surface area contributed by atoms with Crippen LogP contribution in [0.5, 0.6) is 0 Å². The molecule has 0 saturated heterocycles. The van der Waals surface area contributed by atoms with Crippen LogP contribution < -0.4 is 5.32 Å². The zero-order chi connectivity index (χ0) is 10.4. The summed E-state index contributed by atoms with van der Waals surface area (Å²) in [7, 11) is 1.97. The van der Waals surface area contributed by atoms with Crippen molar-refractivity contribution in [3.8, 4) is 0 Å². The number of aromatic nitrogens is 2. The number of nitrogens with one attached hydrogen (secondary N) is 1. The molecular formula is C11H19N3. The van der Waals surface area contributed by atoms with E-state index in [1.807, 2.05) is 24.0 Å². The fourth-order valence-corrected chi connectivity index (χ4v) is 1.43. The number of hydrogen-bond donors (Lipinski definition) is 1. The van der Waals surface area contributed by atoms with E-state index in [0.29, 0.717) is 6.04 Å². The third kappa shape index (κ3) is 3.34. The van der Waals surface area contributed by atoms with E-state index in [0.717, 1.165) is 19.4 Å². The van der Waals surface area contributed by atoms with Crippen LogP contribution in [0.2, 0.25) is 0 Å². The van der Waals surface area contributed by atoms with Crippen LogP contribution in [0.1, 0.15) is 19.0 Å². The van der Waals surface area contributed by atoms with E-state index >= 15 is 0 Å². The SMILES string of the molecule is C=CCC(C)NCCc1ccnn1C. The van der Waals surface area contributed by atoms with Gasteiger partial charge >= 0.3 is 0 Å². The minimum atomic E-state index is 0.515. The van der Waals surface area contributed by atoms with Crippen molar-refractivity contribution in [1.29, 1.82) is 0 Å². The minimum absolute atomic E-state index is 0.515. The van der Waals surface area contributed by atoms with Crippen LogP contribution in [-0.4, -0.2) is 22.4 Å². The zero-order valence-corrected chi connectivity index (χ0v) is 9.03. The molecule has 1 aromatic rings. The summed E-state index contributed by atoms with van der Waals surface area (Å²) in [5.41, 5.74) is 1.27. The molecule has 3 heteroatoms. The number of rotatable bonds is 6. The first-order valence-corrected chi connectivity index (χ1v) is 5.05. The van der Waals surface area contributed by atoms with Crippen molar-refractivity contribution in [2.45, 2.75) is 25.8 Å². The van der Waals surface area contributed by atoms with E-state index in [-0.39, 0.29) is 0 Å². The van der Waals surface area contributed by atoms with Gasteiger partial charge in [-0.25, -0.2) is 0 Å². The summed E-state index contributed by atoms with van der Waals surface area (Å²) in [6.07, 6.45) is 5.83. The lowest BCUT2D eigenvalue weighted by Gasteiger charge is -2.11. The first-order chi connectivity index (χ1) is 6.74. The van der Waals surface area contributed by atoms with Gasteiger partial charge < -0.3 is 5.32 Å². The molecule has 1 N–H and O–H groups in total. The second-order valence-corrected chi connectivity index (χ2v) is 3.58. The summed E-state index contributed by atoms with van der Waals surface area (Å²) in [6.45, 7) is 6.88. The predicted molar refractivity (Wildman–Crippen MR) is 59.2 cm³/mol. The summed E-state index contributed by atoms with van der Waals surface area (Å²) < 4.78 is 1.92. The second kappa shape index (κ2) is 5.60. The van der Waals surface area contributed by atoms with Crippen molar-refractivity contribution >= 4 is 0 Å². The Morgan fingerprint density at radius 3 is 3.07 bits per heavy atom. The summed E-state index contributed by atoms with van der Waals surface area (Å²) in [5.74, 6) is 0. The van der Waals surface area contributed by atoms with E-state index in [1.165, 1.54) is 5.69 Å². The number of aryl methyl sites for hydroxylation is 1. The standard InChI is InChI=1S/C11H19N3/c1-4-5-10(2)12-8-6-11-7-9-13-14(11)3/h4,7,9-10,12H,1,5-6,8H2,2-3H3. The molecular weight excluding hydrogens is 174 g/mol. The van der Waals surface area contributed by atoms with Crippen LogP contribution in [0.4, 0.5) is 0 Å². The van der Waals surface area contributed by atoms with Crippen LogP contribution in [0, 0.1) is 0 Å². The van der Waals surface area contributed by atoms with E-state index in [4.69, 9.17) is 0 Å². The largest absolute Gasteiger partial charge is 0.314 e. The highest BCUT2D eigenvalue weighted by Crippen LogP contribution is 1.97. The zero-order valence-electron chi connectivity index (χ0n) is 9.03. The molecule has 0 saturated carbocycles. The summed E-state index contributed by atoms with van der Waals surface area (Å²) in [5, 5.41) is 7.56. The van der Waals surface area contributed by atoms with Crippen molar-refractivity contribution in [2.24, 2.45) is 7.05 Å². The molecule has 0 spiro atoms. The van der Waals surface area contributed by atoms with Crippen molar-refractivity contribution in [2.75, 3.05) is 6.54 Å². The van der Waals surface area contributed by atoms with Crippen LogP contribution in [0.15, 0.2) is 24.9 Å². The molecule has 3 nitrogen and oxygen atoms in total. The van der Waals surface area contributed by atoms with Crippen molar-refractivity contribution in [1.82, 2.24) is 15.1 Å². The Kier molecular flexibility index (Phi) is 4.40. The lowest BCUT2D eigenvalue weighted by atomic mass is 10.2. The van der Waals surface area contributed by atoms with Crippen molar-refractivity contribution in [3.63, 3.8) is 0 Å². The van der Waals surface area contributed by atoms with Gasteiger partial charge in [0.1, 0.15) is 0 Å². The molecule has 0 fully saturated rings. The van der Waals surface area contributed by atoms with Crippen LogP contribution >= 0.6 is 0 Å². The monoisotopic (exact) mass is 193 g/mol. The molecule has 1 rings (SSSR count). The van der Waals surface area contributed by atoms with Gasteiger partial charge in [0.15, 0.2) is 0 Å². The Hall–Kier alpha value is -1.09. The van der Waals surface area contributed by atoms with Gasteiger partial charge in [0.2, 0.25) is 0 Å². The molecule has 0 aromatic carbocycles. The molecule has 0 bridgehead atoms. The first kappa shape index (κ1) is 11.0. The van der Waals surface area contributed by atoms with Crippen LogP contribution in [0.25, 0.3) is 0 Å². The van der Waals surface area contributed by atoms with Gasteiger partial charge in [-0.1, -0.05) is 6.08 Å². The van der Waals surface area contributed by atoms with Gasteiger partial charge in [0, 0.05) is 37.9 Å². The average Bonchev–Trinajstić information content (AvgIpc) is 2.52. The molecule has 0 aliphatic rings. The minimum Gasteiger partial charge on any atom is -0.314 e. The molecule has 1 unspecified atom stereocenters. The van der Waals surface area contributed by atoms with E-state index in [1.54, 1.807) is 0 Å². The quantitative estimate of drug-likeness (QED) is 0.694. The lowest BCUT2D eigenvalue weighted by Crippen LogP contribution is -2.27. The van der Waals surface area contributed by atoms with Crippen molar-refractivity contribution < 1.29 is 0 Å².